The fourth-order valence-corrected chi connectivity index (χ4v) is 3.44. The summed E-state index contributed by atoms with van der Waals surface area (Å²) in [4.78, 5) is 4.67. The van der Waals surface area contributed by atoms with Crippen molar-refractivity contribution in [2.75, 3.05) is 11.9 Å². The molecule has 0 spiro atoms. The Kier molecular flexibility index (Phi) is 3.42. The van der Waals surface area contributed by atoms with Crippen LogP contribution in [0, 0.1) is 23.2 Å². The van der Waals surface area contributed by atoms with E-state index in [-0.39, 0.29) is 0 Å². The van der Waals surface area contributed by atoms with Crippen LogP contribution in [0.25, 0.3) is 0 Å². The predicted octanol–water partition coefficient (Wildman–Crippen LogP) is 3.29. The molecule has 0 saturated heterocycles. The maximum atomic E-state index is 9.25. The largest absolute Gasteiger partial charge is 0.369 e. The second-order valence-corrected chi connectivity index (χ2v) is 6.12. The van der Waals surface area contributed by atoms with Crippen LogP contribution in [0.1, 0.15) is 49.4 Å². The van der Waals surface area contributed by atoms with Crippen LogP contribution in [0.15, 0.2) is 6.07 Å². The summed E-state index contributed by atoms with van der Waals surface area (Å²) in [6, 6.07) is 4.32. The summed E-state index contributed by atoms with van der Waals surface area (Å²) in [5.74, 6) is 2.41. The van der Waals surface area contributed by atoms with E-state index in [1.807, 2.05) is 6.07 Å². The first-order chi connectivity index (χ1) is 9.26. The molecular formula is C16H21N3. The molecule has 3 rings (SSSR count). The Morgan fingerprint density at radius 3 is 3.05 bits per heavy atom. The van der Waals surface area contributed by atoms with Crippen LogP contribution in [0.5, 0.6) is 0 Å². The van der Waals surface area contributed by atoms with Crippen LogP contribution in [-0.4, -0.2) is 11.5 Å². The average molecular weight is 255 g/mol. The molecular weight excluding hydrogens is 234 g/mol. The molecule has 1 aromatic heterocycles. The molecule has 0 aliphatic heterocycles. The van der Waals surface area contributed by atoms with E-state index in [9.17, 15) is 5.26 Å². The molecule has 19 heavy (non-hydrogen) atoms. The summed E-state index contributed by atoms with van der Waals surface area (Å²) >= 11 is 0. The van der Waals surface area contributed by atoms with E-state index in [4.69, 9.17) is 0 Å². The van der Waals surface area contributed by atoms with Gasteiger partial charge in [-0.3, -0.25) is 0 Å². The van der Waals surface area contributed by atoms with E-state index in [1.54, 1.807) is 0 Å². The van der Waals surface area contributed by atoms with Crippen molar-refractivity contribution < 1.29 is 0 Å². The summed E-state index contributed by atoms with van der Waals surface area (Å²) in [6.45, 7) is 3.29. The Hall–Kier alpha value is -1.56. The number of anilines is 1. The Bertz CT molecular complexity index is 515. The average Bonchev–Trinajstić information content (AvgIpc) is 3.03. The van der Waals surface area contributed by atoms with Gasteiger partial charge in [0.05, 0.1) is 5.56 Å². The molecule has 2 aliphatic rings. The molecule has 2 atom stereocenters. The summed E-state index contributed by atoms with van der Waals surface area (Å²) in [5, 5.41) is 12.7. The maximum absolute atomic E-state index is 9.25. The van der Waals surface area contributed by atoms with E-state index < -0.39 is 0 Å². The van der Waals surface area contributed by atoms with Gasteiger partial charge < -0.3 is 5.32 Å². The first-order valence-corrected chi connectivity index (χ1v) is 7.43. The number of hydrogen-bond donors (Lipinski definition) is 1. The zero-order chi connectivity index (χ0) is 13.2. The van der Waals surface area contributed by atoms with Gasteiger partial charge >= 0.3 is 0 Å². The number of fused-ring (bicyclic) bond motifs is 1. The predicted molar refractivity (Wildman–Crippen MR) is 76.0 cm³/mol. The Morgan fingerprint density at radius 1 is 1.42 bits per heavy atom. The van der Waals surface area contributed by atoms with Crippen LogP contribution in [-0.2, 0) is 12.8 Å². The van der Waals surface area contributed by atoms with Gasteiger partial charge in [-0.25, -0.2) is 4.98 Å². The Morgan fingerprint density at radius 2 is 2.32 bits per heavy atom. The van der Waals surface area contributed by atoms with Gasteiger partial charge in [-0.05, 0) is 55.6 Å². The molecule has 1 heterocycles. The molecule has 0 radical (unpaired) electrons. The number of aromatic nitrogens is 1. The minimum Gasteiger partial charge on any atom is -0.369 e. The van der Waals surface area contributed by atoms with Gasteiger partial charge in [-0.15, -0.1) is 0 Å². The summed E-state index contributed by atoms with van der Waals surface area (Å²) in [6.07, 6.45) is 7.28. The molecule has 0 amide bonds. The molecule has 1 N–H and O–H groups in total. The van der Waals surface area contributed by atoms with Crippen molar-refractivity contribution in [2.24, 2.45) is 11.8 Å². The van der Waals surface area contributed by atoms with Crippen LogP contribution in [0.3, 0.4) is 0 Å². The number of hydrogen-bond acceptors (Lipinski definition) is 3. The lowest BCUT2D eigenvalue weighted by molar-refractivity contribution is 0.536. The van der Waals surface area contributed by atoms with Gasteiger partial charge in [-0.1, -0.05) is 13.3 Å². The molecule has 2 aliphatic carbocycles. The van der Waals surface area contributed by atoms with Gasteiger partial charge in [0.25, 0.3) is 0 Å². The fourth-order valence-electron chi connectivity index (χ4n) is 3.44. The van der Waals surface area contributed by atoms with Gasteiger partial charge in [0.1, 0.15) is 11.9 Å². The molecule has 1 aromatic rings. The van der Waals surface area contributed by atoms with Crippen LogP contribution >= 0.6 is 0 Å². The number of nitrogens with one attached hydrogen (secondary N) is 1. The lowest BCUT2D eigenvalue weighted by atomic mass is 10.1. The molecule has 0 bridgehead atoms. The SMILES string of the molecule is CC1CCC(CNc2nc3c(cc2C#N)CCC3)C1. The van der Waals surface area contributed by atoms with E-state index in [0.29, 0.717) is 5.56 Å². The highest BCUT2D eigenvalue weighted by molar-refractivity contribution is 5.55. The van der Waals surface area contributed by atoms with Crippen LogP contribution in [0.4, 0.5) is 5.82 Å². The molecule has 0 aromatic carbocycles. The number of aryl methyl sites for hydroxylation is 2. The second kappa shape index (κ2) is 5.21. The number of nitrogens with zero attached hydrogens (tertiary/aromatic N) is 2. The zero-order valence-corrected chi connectivity index (χ0v) is 11.6. The third-order valence-corrected chi connectivity index (χ3v) is 4.53. The first-order valence-electron chi connectivity index (χ1n) is 7.43. The first kappa shape index (κ1) is 12.5. The maximum Gasteiger partial charge on any atom is 0.144 e. The van der Waals surface area contributed by atoms with E-state index in [0.717, 1.165) is 37.0 Å². The zero-order valence-electron chi connectivity index (χ0n) is 11.6. The van der Waals surface area contributed by atoms with Crippen molar-refractivity contribution in [2.45, 2.75) is 45.4 Å². The standard InChI is InChI=1S/C16H21N3/c1-11-5-6-12(7-11)10-18-16-14(9-17)8-13-3-2-4-15(13)19-16/h8,11-12H,2-7,10H2,1H3,(H,18,19). The normalized spacial score (nSPS) is 25.1. The second-order valence-electron chi connectivity index (χ2n) is 6.12. The topological polar surface area (TPSA) is 48.7 Å². The van der Waals surface area contributed by atoms with Crippen molar-refractivity contribution in [1.82, 2.24) is 4.98 Å². The number of pyridine rings is 1. The summed E-state index contributed by atoms with van der Waals surface area (Å²) in [5.41, 5.74) is 3.18. The molecule has 1 saturated carbocycles. The van der Waals surface area contributed by atoms with Crippen molar-refractivity contribution in [3.63, 3.8) is 0 Å². The fraction of sp³-hybridized carbons (Fsp3) is 0.625. The third-order valence-electron chi connectivity index (χ3n) is 4.53. The van der Waals surface area contributed by atoms with Gasteiger partial charge in [-0.2, -0.15) is 5.26 Å². The highest BCUT2D eigenvalue weighted by Crippen LogP contribution is 2.31. The van der Waals surface area contributed by atoms with Crippen LogP contribution in [0.2, 0.25) is 0 Å². The minimum absolute atomic E-state index is 0.715. The van der Waals surface area contributed by atoms with Crippen molar-refractivity contribution in [3.05, 3.63) is 22.9 Å². The Balaban J connectivity index is 1.72. The van der Waals surface area contributed by atoms with E-state index in [1.165, 1.54) is 36.9 Å². The van der Waals surface area contributed by atoms with Gasteiger partial charge in [0, 0.05) is 12.2 Å². The van der Waals surface area contributed by atoms with E-state index in [2.05, 4.69) is 23.3 Å². The lowest BCUT2D eigenvalue weighted by Gasteiger charge is -2.13. The highest BCUT2D eigenvalue weighted by Gasteiger charge is 2.22. The quantitative estimate of drug-likeness (QED) is 0.901. The smallest absolute Gasteiger partial charge is 0.144 e. The number of rotatable bonds is 3. The minimum atomic E-state index is 0.715. The van der Waals surface area contributed by atoms with E-state index >= 15 is 0 Å². The van der Waals surface area contributed by atoms with Crippen molar-refractivity contribution in [1.29, 1.82) is 5.26 Å². The molecule has 100 valence electrons. The summed E-state index contributed by atoms with van der Waals surface area (Å²) in [7, 11) is 0. The third kappa shape index (κ3) is 2.58. The molecule has 1 fully saturated rings. The Labute approximate surface area is 115 Å². The van der Waals surface area contributed by atoms with Crippen molar-refractivity contribution in [3.8, 4) is 6.07 Å². The van der Waals surface area contributed by atoms with Crippen LogP contribution < -0.4 is 5.32 Å². The monoisotopic (exact) mass is 255 g/mol. The summed E-state index contributed by atoms with van der Waals surface area (Å²) < 4.78 is 0. The molecule has 2 unspecified atom stereocenters. The molecule has 3 heteroatoms. The lowest BCUT2D eigenvalue weighted by Crippen LogP contribution is -2.14. The highest BCUT2D eigenvalue weighted by atomic mass is 15.0. The van der Waals surface area contributed by atoms with Crippen molar-refractivity contribution >= 4 is 5.82 Å². The number of nitriles is 1. The van der Waals surface area contributed by atoms with Gasteiger partial charge in [0.2, 0.25) is 0 Å². The van der Waals surface area contributed by atoms with Gasteiger partial charge in [0.15, 0.2) is 0 Å². The molecule has 3 nitrogen and oxygen atoms in total.